The number of fused-ring (bicyclic) bond motifs is 1. The van der Waals surface area contributed by atoms with Gasteiger partial charge in [0.1, 0.15) is 0 Å². The molecule has 1 aromatic carbocycles. The molecule has 0 fully saturated rings. The average molecular weight is 271 g/mol. The number of anilines is 1. The minimum absolute atomic E-state index is 0.266. The molecule has 1 N–H and O–H groups in total. The Bertz CT molecular complexity index is 537. The molecule has 0 unspecified atom stereocenters. The lowest BCUT2D eigenvalue weighted by Crippen LogP contribution is -2.40. The van der Waals surface area contributed by atoms with Crippen LogP contribution in [0.5, 0.6) is 0 Å². The zero-order valence-electron chi connectivity index (χ0n) is 10.1. The summed E-state index contributed by atoms with van der Waals surface area (Å²) in [6.07, 6.45) is -1.89. The van der Waals surface area contributed by atoms with Gasteiger partial charge in [-0.1, -0.05) is 19.1 Å². The Kier molecular flexibility index (Phi) is 3.26. The predicted molar refractivity (Wildman–Crippen MR) is 65.1 cm³/mol. The molecule has 19 heavy (non-hydrogen) atoms. The van der Waals surface area contributed by atoms with E-state index in [-0.39, 0.29) is 17.3 Å². The molecule has 0 radical (unpaired) electrons. The van der Waals surface area contributed by atoms with Crippen molar-refractivity contribution in [3.63, 3.8) is 0 Å². The Morgan fingerprint density at radius 2 is 2.11 bits per heavy atom. The maximum absolute atomic E-state index is 12.6. The summed E-state index contributed by atoms with van der Waals surface area (Å²) in [6, 6.07) is 2.73. The van der Waals surface area contributed by atoms with Gasteiger partial charge in [0.2, 0.25) is 0 Å². The number of carboxylic acid groups (broad SMARTS) is 1. The van der Waals surface area contributed by atoms with Gasteiger partial charge in [0.25, 0.3) is 0 Å². The van der Waals surface area contributed by atoms with Crippen LogP contribution in [0, 0.1) is 0 Å². The van der Waals surface area contributed by atoms with Gasteiger partial charge in [0.15, 0.2) is 0 Å². The molecule has 0 aliphatic carbocycles. The molecule has 3 nitrogen and oxygen atoms in total. The third kappa shape index (κ3) is 2.43. The number of benzene rings is 1. The zero-order chi connectivity index (χ0) is 14.2. The van der Waals surface area contributed by atoms with Gasteiger partial charge < -0.3 is 5.11 Å². The first-order valence-electron chi connectivity index (χ1n) is 5.76. The summed E-state index contributed by atoms with van der Waals surface area (Å²) in [6.45, 7) is 1.82. The first kappa shape index (κ1) is 13.5. The summed E-state index contributed by atoms with van der Waals surface area (Å²) in [4.78, 5) is 12.3. The second-order valence-corrected chi connectivity index (χ2v) is 4.26. The summed E-state index contributed by atoms with van der Waals surface area (Å²) >= 11 is 0. The Balaban J connectivity index is 2.51. The van der Waals surface area contributed by atoms with E-state index < -0.39 is 17.8 Å². The highest BCUT2D eigenvalue weighted by Crippen LogP contribution is 2.36. The quantitative estimate of drug-likeness (QED) is 0.838. The second-order valence-electron chi connectivity index (χ2n) is 4.26. The predicted octanol–water partition coefficient (Wildman–Crippen LogP) is 4.00. The van der Waals surface area contributed by atoms with Crippen molar-refractivity contribution in [2.75, 3.05) is 4.90 Å². The fourth-order valence-corrected chi connectivity index (χ4v) is 2.13. The summed E-state index contributed by atoms with van der Waals surface area (Å²) in [7, 11) is 0. The van der Waals surface area contributed by atoms with Gasteiger partial charge in [-0.3, -0.25) is 4.90 Å². The molecule has 1 atom stereocenters. The molecule has 1 amide bonds. The Labute approximate surface area is 108 Å². The third-order valence-electron chi connectivity index (χ3n) is 3.07. The molecule has 1 aliphatic heterocycles. The van der Waals surface area contributed by atoms with E-state index in [9.17, 15) is 23.1 Å². The smallest absolute Gasteiger partial charge is 0.416 e. The lowest BCUT2D eigenvalue weighted by molar-refractivity contribution is -0.137. The number of nitrogens with zero attached hydrogens (tertiary/aromatic N) is 1. The molecule has 1 aliphatic rings. The van der Waals surface area contributed by atoms with E-state index in [0.717, 1.165) is 17.0 Å². The van der Waals surface area contributed by atoms with E-state index in [4.69, 9.17) is 0 Å². The van der Waals surface area contributed by atoms with Gasteiger partial charge in [-0.25, -0.2) is 4.79 Å². The molecular weight excluding hydrogens is 259 g/mol. The standard InChI is InChI=1S/C13H12F3NO2/c1-2-10-5-3-8-7-9(13(14,15)16)4-6-11(8)17(10)12(18)19/h3-7,10H,2H2,1H3,(H,18,19)/t10-/m1/s1. The summed E-state index contributed by atoms with van der Waals surface area (Å²) in [5.41, 5.74) is -0.229. The molecule has 0 bridgehead atoms. The summed E-state index contributed by atoms with van der Waals surface area (Å²) in [5, 5.41) is 9.19. The fraction of sp³-hybridized carbons (Fsp3) is 0.308. The molecule has 0 spiro atoms. The average Bonchev–Trinajstić information content (AvgIpc) is 2.35. The zero-order valence-corrected chi connectivity index (χ0v) is 10.1. The van der Waals surface area contributed by atoms with E-state index in [2.05, 4.69) is 0 Å². The maximum atomic E-state index is 12.6. The minimum Gasteiger partial charge on any atom is -0.465 e. The number of halogens is 3. The van der Waals surface area contributed by atoms with Gasteiger partial charge in [-0.15, -0.1) is 0 Å². The Hall–Kier alpha value is -1.98. The van der Waals surface area contributed by atoms with Crippen molar-refractivity contribution in [3.05, 3.63) is 35.4 Å². The van der Waals surface area contributed by atoms with Crippen LogP contribution < -0.4 is 4.90 Å². The maximum Gasteiger partial charge on any atom is 0.416 e. The van der Waals surface area contributed by atoms with Gasteiger partial charge in [0, 0.05) is 0 Å². The molecule has 2 rings (SSSR count). The third-order valence-corrected chi connectivity index (χ3v) is 3.07. The highest BCUT2D eigenvalue weighted by molar-refractivity contribution is 5.92. The van der Waals surface area contributed by atoms with Crippen molar-refractivity contribution in [1.82, 2.24) is 0 Å². The van der Waals surface area contributed by atoms with Crippen LogP contribution in [-0.4, -0.2) is 17.2 Å². The van der Waals surface area contributed by atoms with Crippen LogP contribution in [0.1, 0.15) is 24.5 Å². The Morgan fingerprint density at radius 3 is 2.63 bits per heavy atom. The topological polar surface area (TPSA) is 40.5 Å². The first-order chi connectivity index (χ1) is 8.84. The van der Waals surface area contributed by atoms with E-state index in [1.54, 1.807) is 6.08 Å². The molecule has 1 heterocycles. The molecule has 102 valence electrons. The molecule has 0 saturated carbocycles. The van der Waals surface area contributed by atoms with Crippen LogP contribution in [-0.2, 0) is 6.18 Å². The highest BCUT2D eigenvalue weighted by atomic mass is 19.4. The van der Waals surface area contributed by atoms with Crippen LogP contribution in [0.15, 0.2) is 24.3 Å². The van der Waals surface area contributed by atoms with Crippen molar-refractivity contribution in [3.8, 4) is 0 Å². The number of hydrogen-bond donors (Lipinski definition) is 1. The largest absolute Gasteiger partial charge is 0.465 e. The van der Waals surface area contributed by atoms with Gasteiger partial charge in [-0.05, 0) is 30.2 Å². The molecule has 0 saturated heterocycles. The number of rotatable bonds is 1. The van der Waals surface area contributed by atoms with Crippen LogP contribution in [0.25, 0.3) is 6.08 Å². The van der Waals surface area contributed by atoms with Crippen LogP contribution in [0.3, 0.4) is 0 Å². The fourth-order valence-electron chi connectivity index (χ4n) is 2.13. The number of alkyl halides is 3. The molecule has 1 aromatic rings. The lowest BCUT2D eigenvalue weighted by Gasteiger charge is -2.31. The van der Waals surface area contributed by atoms with E-state index >= 15 is 0 Å². The van der Waals surface area contributed by atoms with Crippen LogP contribution >= 0.6 is 0 Å². The van der Waals surface area contributed by atoms with E-state index in [0.29, 0.717) is 6.42 Å². The number of hydrogen-bond acceptors (Lipinski definition) is 1. The molecule has 6 heteroatoms. The van der Waals surface area contributed by atoms with Crippen molar-refractivity contribution in [2.24, 2.45) is 0 Å². The number of carbonyl (C=O) groups is 1. The van der Waals surface area contributed by atoms with E-state index in [1.165, 1.54) is 12.1 Å². The molecular formula is C13H12F3NO2. The SMILES string of the molecule is CC[C@@H]1C=Cc2cc(C(F)(F)F)ccc2N1C(=O)O. The Morgan fingerprint density at radius 1 is 1.42 bits per heavy atom. The first-order valence-corrected chi connectivity index (χ1v) is 5.76. The highest BCUT2D eigenvalue weighted by Gasteiger charge is 2.33. The van der Waals surface area contributed by atoms with Gasteiger partial charge in [0.05, 0.1) is 17.3 Å². The monoisotopic (exact) mass is 271 g/mol. The minimum atomic E-state index is -4.43. The van der Waals surface area contributed by atoms with Gasteiger partial charge >= 0.3 is 12.3 Å². The van der Waals surface area contributed by atoms with Crippen molar-refractivity contribution in [2.45, 2.75) is 25.6 Å². The molecule has 0 aromatic heterocycles. The summed E-state index contributed by atoms with van der Waals surface area (Å²) < 4.78 is 37.8. The van der Waals surface area contributed by atoms with Crippen molar-refractivity contribution >= 4 is 17.9 Å². The van der Waals surface area contributed by atoms with Crippen molar-refractivity contribution in [1.29, 1.82) is 0 Å². The van der Waals surface area contributed by atoms with Crippen LogP contribution in [0.2, 0.25) is 0 Å². The van der Waals surface area contributed by atoms with Crippen molar-refractivity contribution < 1.29 is 23.1 Å². The number of amides is 1. The van der Waals surface area contributed by atoms with Gasteiger partial charge in [-0.2, -0.15) is 13.2 Å². The summed E-state index contributed by atoms with van der Waals surface area (Å²) in [5.74, 6) is 0. The lowest BCUT2D eigenvalue weighted by atomic mass is 9.99. The van der Waals surface area contributed by atoms with Crippen LogP contribution in [0.4, 0.5) is 23.7 Å². The second kappa shape index (κ2) is 4.60. The normalized spacial score (nSPS) is 18.3. The van der Waals surface area contributed by atoms with E-state index in [1.807, 2.05) is 6.92 Å².